The molecule has 0 saturated heterocycles. The highest BCUT2D eigenvalue weighted by molar-refractivity contribution is 5.31. The fourth-order valence-corrected chi connectivity index (χ4v) is 1.84. The molecule has 0 aliphatic rings. The Morgan fingerprint density at radius 1 is 1.00 bits per heavy atom. The molecule has 2 aromatic rings. The molecule has 1 aromatic carbocycles. The first kappa shape index (κ1) is 15.4. The minimum absolute atomic E-state index is 0.433. The molecule has 0 saturated carbocycles. The van der Waals surface area contributed by atoms with Gasteiger partial charge in [0.25, 0.3) is 0 Å². The molecule has 0 bridgehead atoms. The maximum absolute atomic E-state index is 5.70. The monoisotopic (exact) mass is 285 g/mol. The van der Waals surface area contributed by atoms with Crippen LogP contribution in [0.3, 0.4) is 0 Å². The summed E-state index contributed by atoms with van der Waals surface area (Å²) in [4.78, 5) is 8.63. The van der Waals surface area contributed by atoms with Crippen LogP contribution in [0.5, 0.6) is 11.6 Å². The maximum Gasteiger partial charge on any atom is 0.237 e. The number of benzene rings is 1. The van der Waals surface area contributed by atoms with E-state index in [4.69, 9.17) is 4.74 Å². The fraction of sp³-hybridized carbons (Fsp3) is 0.412. The van der Waals surface area contributed by atoms with Crippen LogP contribution in [0.1, 0.15) is 44.9 Å². The summed E-state index contributed by atoms with van der Waals surface area (Å²) in [5.41, 5.74) is 2.20. The zero-order valence-corrected chi connectivity index (χ0v) is 13.1. The quantitative estimate of drug-likeness (QED) is 0.874. The van der Waals surface area contributed by atoms with Crippen LogP contribution in [0.4, 0.5) is 0 Å². The van der Waals surface area contributed by atoms with Gasteiger partial charge in [-0.3, -0.25) is 4.98 Å². The van der Waals surface area contributed by atoms with Gasteiger partial charge >= 0.3 is 0 Å². The van der Waals surface area contributed by atoms with E-state index in [0.29, 0.717) is 24.4 Å². The second-order valence-electron chi connectivity index (χ2n) is 5.71. The Balaban J connectivity index is 1.96. The second-order valence-corrected chi connectivity index (χ2v) is 5.71. The molecular formula is C17H23N3O. The summed E-state index contributed by atoms with van der Waals surface area (Å²) in [7, 11) is 0. The molecule has 4 heteroatoms. The average Bonchev–Trinajstić information content (AvgIpc) is 2.47. The SMILES string of the molecule is CC(C)NCc1cnc(Oc2ccc(C(C)C)cc2)cn1. The van der Waals surface area contributed by atoms with Crippen LogP contribution in [0.25, 0.3) is 0 Å². The zero-order valence-electron chi connectivity index (χ0n) is 13.1. The Morgan fingerprint density at radius 2 is 1.71 bits per heavy atom. The Bertz CT molecular complexity index is 547. The maximum atomic E-state index is 5.70. The first-order valence-corrected chi connectivity index (χ1v) is 7.36. The summed E-state index contributed by atoms with van der Waals surface area (Å²) >= 11 is 0. The number of hydrogen-bond acceptors (Lipinski definition) is 4. The Hall–Kier alpha value is -1.94. The molecule has 2 rings (SSSR count). The molecule has 1 aromatic heterocycles. The number of ether oxygens (including phenoxy) is 1. The van der Waals surface area contributed by atoms with E-state index in [2.05, 4.69) is 55.1 Å². The molecule has 112 valence electrons. The number of rotatable bonds is 6. The Labute approximate surface area is 126 Å². The highest BCUT2D eigenvalue weighted by Gasteiger charge is 2.03. The van der Waals surface area contributed by atoms with Crippen LogP contribution in [-0.2, 0) is 6.54 Å². The van der Waals surface area contributed by atoms with Crippen molar-refractivity contribution < 1.29 is 4.74 Å². The van der Waals surface area contributed by atoms with E-state index in [0.717, 1.165) is 11.4 Å². The molecule has 0 spiro atoms. The first-order chi connectivity index (χ1) is 10.0. The van der Waals surface area contributed by atoms with E-state index in [1.807, 2.05) is 12.1 Å². The molecular weight excluding hydrogens is 262 g/mol. The van der Waals surface area contributed by atoms with E-state index in [9.17, 15) is 0 Å². The number of aromatic nitrogens is 2. The van der Waals surface area contributed by atoms with E-state index in [1.165, 1.54) is 5.56 Å². The highest BCUT2D eigenvalue weighted by atomic mass is 16.5. The van der Waals surface area contributed by atoms with Crippen LogP contribution in [0.2, 0.25) is 0 Å². The third-order valence-corrected chi connectivity index (χ3v) is 3.14. The van der Waals surface area contributed by atoms with Gasteiger partial charge in [0, 0.05) is 12.6 Å². The van der Waals surface area contributed by atoms with E-state index in [1.54, 1.807) is 12.4 Å². The van der Waals surface area contributed by atoms with Crippen molar-refractivity contribution in [3.8, 4) is 11.6 Å². The van der Waals surface area contributed by atoms with Crippen LogP contribution in [0, 0.1) is 0 Å². The van der Waals surface area contributed by atoms with Crippen LogP contribution in [-0.4, -0.2) is 16.0 Å². The van der Waals surface area contributed by atoms with Gasteiger partial charge in [0.05, 0.1) is 18.1 Å². The van der Waals surface area contributed by atoms with E-state index >= 15 is 0 Å². The van der Waals surface area contributed by atoms with Crippen LogP contribution < -0.4 is 10.1 Å². The third kappa shape index (κ3) is 4.83. The average molecular weight is 285 g/mol. The summed E-state index contributed by atoms with van der Waals surface area (Å²) in [5, 5.41) is 3.30. The highest BCUT2D eigenvalue weighted by Crippen LogP contribution is 2.22. The second kappa shape index (κ2) is 7.18. The fourth-order valence-electron chi connectivity index (χ4n) is 1.84. The molecule has 0 amide bonds. The predicted octanol–water partition coefficient (Wildman–Crippen LogP) is 3.89. The van der Waals surface area contributed by atoms with Gasteiger partial charge in [-0.2, -0.15) is 0 Å². The van der Waals surface area contributed by atoms with E-state index < -0.39 is 0 Å². The Morgan fingerprint density at radius 3 is 2.24 bits per heavy atom. The first-order valence-electron chi connectivity index (χ1n) is 7.36. The standard InChI is InChI=1S/C17H23N3O/c1-12(2)14-5-7-16(8-6-14)21-17-11-19-15(10-20-17)9-18-13(3)4/h5-8,10-13,18H,9H2,1-4H3. The summed E-state index contributed by atoms with van der Waals surface area (Å²) in [6, 6.07) is 8.52. The lowest BCUT2D eigenvalue weighted by molar-refractivity contribution is 0.458. The molecule has 0 fully saturated rings. The molecule has 0 radical (unpaired) electrons. The lowest BCUT2D eigenvalue weighted by Crippen LogP contribution is -2.22. The van der Waals surface area contributed by atoms with Gasteiger partial charge < -0.3 is 10.1 Å². The summed E-state index contributed by atoms with van der Waals surface area (Å²) in [6.07, 6.45) is 3.40. The molecule has 0 aliphatic heterocycles. The zero-order chi connectivity index (χ0) is 15.2. The normalized spacial score (nSPS) is 11.1. The molecule has 1 heterocycles. The topological polar surface area (TPSA) is 47.0 Å². The summed E-state index contributed by atoms with van der Waals surface area (Å²) in [5.74, 6) is 1.81. The third-order valence-electron chi connectivity index (χ3n) is 3.14. The van der Waals surface area contributed by atoms with Gasteiger partial charge in [-0.15, -0.1) is 0 Å². The van der Waals surface area contributed by atoms with Crippen molar-refractivity contribution in [2.24, 2.45) is 0 Å². The minimum Gasteiger partial charge on any atom is -0.438 e. The van der Waals surface area contributed by atoms with Gasteiger partial charge in [-0.25, -0.2) is 4.98 Å². The molecule has 21 heavy (non-hydrogen) atoms. The van der Waals surface area contributed by atoms with Crippen molar-refractivity contribution in [2.75, 3.05) is 0 Å². The van der Waals surface area contributed by atoms with Gasteiger partial charge in [0.2, 0.25) is 5.88 Å². The number of nitrogens with one attached hydrogen (secondary N) is 1. The van der Waals surface area contributed by atoms with Crippen LogP contribution in [0.15, 0.2) is 36.7 Å². The van der Waals surface area contributed by atoms with Crippen molar-refractivity contribution in [1.29, 1.82) is 0 Å². The van der Waals surface area contributed by atoms with Crippen molar-refractivity contribution in [1.82, 2.24) is 15.3 Å². The number of nitrogens with zero attached hydrogens (tertiary/aromatic N) is 2. The molecule has 0 unspecified atom stereocenters. The molecule has 1 N–H and O–H groups in total. The molecule has 0 aliphatic carbocycles. The predicted molar refractivity (Wildman–Crippen MR) is 84.6 cm³/mol. The molecule has 0 atom stereocenters. The van der Waals surface area contributed by atoms with Gasteiger partial charge in [0.15, 0.2) is 0 Å². The largest absolute Gasteiger partial charge is 0.438 e. The van der Waals surface area contributed by atoms with Gasteiger partial charge in [0.1, 0.15) is 5.75 Å². The minimum atomic E-state index is 0.433. The van der Waals surface area contributed by atoms with Gasteiger partial charge in [-0.05, 0) is 23.6 Å². The number of hydrogen-bond donors (Lipinski definition) is 1. The van der Waals surface area contributed by atoms with Crippen molar-refractivity contribution in [3.63, 3.8) is 0 Å². The van der Waals surface area contributed by atoms with Crippen molar-refractivity contribution in [3.05, 3.63) is 47.9 Å². The van der Waals surface area contributed by atoms with E-state index in [-0.39, 0.29) is 0 Å². The smallest absolute Gasteiger partial charge is 0.237 e. The van der Waals surface area contributed by atoms with Gasteiger partial charge in [-0.1, -0.05) is 39.8 Å². The summed E-state index contributed by atoms with van der Waals surface area (Å²) < 4.78 is 5.70. The van der Waals surface area contributed by atoms with Crippen LogP contribution >= 0.6 is 0 Å². The molecule has 4 nitrogen and oxygen atoms in total. The lowest BCUT2D eigenvalue weighted by Gasteiger charge is -2.09. The summed E-state index contributed by atoms with van der Waals surface area (Å²) in [6.45, 7) is 9.27. The van der Waals surface area contributed by atoms with Crippen molar-refractivity contribution in [2.45, 2.75) is 46.2 Å². The lowest BCUT2D eigenvalue weighted by atomic mass is 10.0. The Kier molecular flexibility index (Phi) is 5.28. The van der Waals surface area contributed by atoms with Crippen molar-refractivity contribution >= 4 is 0 Å².